The van der Waals surface area contributed by atoms with Gasteiger partial charge in [-0.3, -0.25) is 4.79 Å². The van der Waals surface area contributed by atoms with E-state index in [1.807, 2.05) is 31.2 Å². The highest BCUT2D eigenvalue weighted by atomic mass is 16.5. The number of ether oxygens (including phenoxy) is 1. The molecule has 0 radical (unpaired) electrons. The van der Waals surface area contributed by atoms with E-state index in [4.69, 9.17) is 4.42 Å². The molecule has 1 amide bonds. The summed E-state index contributed by atoms with van der Waals surface area (Å²) in [5.74, 6) is 0.151. The summed E-state index contributed by atoms with van der Waals surface area (Å²) >= 11 is 0. The molecular formula is C20H19N3O4. The lowest BCUT2D eigenvalue weighted by molar-refractivity contribution is -0.116. The van der Waals surface area contributed by atoms with Crippen LogP contribution in [0.2, 0.25) is 0 Å². The van der Waals surface area contributed by atoms with Gasteiger partial charge in [0, 0.05) is 24.1 Å². The first kappa shape index (κ1) is 18.3. The molecule has 3 rings (SSSR count). The van der Waals surface area contributed by atoms with Crippen LogP contribution in [0.5, 0.6) is 0 Å². The lowest BCUT2D eigenvalue weighted by Crippen LogP contribution is -2.13. The highest BCUT2D eigenvalue weighted by Gasteiger charge is 2.12. The van der Waals surface area contributed by atoms with E-state index in [0.717, 1.165) is 11.1 Å². The van der Waals surface area contributed by atoms with Crippen LogP contribution in [0, 0.1) is 6.92 Å². The van der Waals surface area contributed by atoms with Gasteiger partial charge < -0.3 is 14.5 Å². The van der Waals surface area contributed by atoms with Crippen LogP contribution in [0.3, 0.4) is 0 Å². The molecule has 0 unspecified atom stereocenters. The molecule has 0 aliphatic carbocycles. The average Bonchev–Trinajstić information content (AvgIpc) is 3.15. The molecule has 0 saturated carbocycles. The minimum atomic E-state index is -0.458. The first-order valence-corrected chi connectivity index (χ1v) is 8.43. The van der Waals surface area contributed by atoms with Gasteiger partial charge >= 0.3 is 5.97 Å². The minimum Gasteiger partial charge on any atom is -0.465 e. The molecule has 0 spiro atoms. The largest absolute Gasteiger partial charge is 0.465 e. The van der Waals surface area contributed by atoms with Crippen molar-refractivity contribution >= 4 is 17.6 Å². The maximum atomic E-state index is 12.1. The Kier molecular flexibility index (Phi) is 5.61. The van der Waals surface area contributed by atoms with E-state index in [9.17, 15) is 9.59 Å². The second-order valence-electron chi connectivity index (χ2n) is 5.99. The third kappa shape index (κ3) is 4.78. The number of anilines is 1. The summed E-state index contributed by atoms with van der Waals surface area (Å²) in [5.41, 5.74) is 2.84. The second kappa shape index (κ2) is 8.27. The lowest BCUT2D eigenvalue weighted by Gasteiger charge is -2.06. The first-order valence-electron chi connectivity index (χ1n) is 8.43. The van der Waals surface area contributed by atoms with Crippen molar-refractivity contribution < 1.29 is 18.7 Å². The zero-order valence-electron chi connectivity index (χ0n) is 15.1. The van der Waals surface area contributed by atoms with Crippen LogP contribution in [0.4, 0.5) is 5.69 Å². The number of benzene rings is 2. The van der Waals surface area contributed by atoms with Crippen molar-refractivity contribution in [2.24, 2.45) is 0 Å². The van der Waals surface area contributed by atoms with Crippen LogP contribution < -0.4 is 5.32 Å². The van der Waals surface area contributed by atoms with E-state index in [1.165, 1.54) is 7.11 Å². The summed E-state index contributed by atoms with van der Waals surface area (Å²) < 4.78 is 10.3. The molecule has 0 aliphatic heterocycles. The quantitative estimate of drug-likeness (QED) is 0.673. The predicted octanol–water partition coefficient (Wildman–Crippen LogP) is 3.40. The molecule has 0 bridgehead atoms. The zero-order valence-corrected chi connectivity index (χ0v) is 15.1. The van der Waals surface area contributed by atoms with Gasteiger partial charge in [-0.25, -0.2) is 4.79 Å². The maximum absolute atomic E-state index is 12.1. The van der Waals surface area contributed by atoms with E-state index in [0.29, 0.717) is 29.5 Å². The third-order valence-electron chi connectivity index (χ3n) is 3.87. The summed E-state index contributed by atoms with van der Waals surface area (Å²) in [6, 6.07) is 14.3. The third-order valence-corrected chi connectivity index (χ3v) is 3.87. The number of aryl methyl sites for hydroxylation is 2. The Bertz CT molecular complexity index is 965. The van der Waals surface area contributed by atoms with Crippen LogP contribution >= 0.6 is 0 Å². The van der Waals surface area contributed by atoms with Crippen molar-refractivity contribution in [2.75, 3.05) is 12.4 Å². The molecular weight excluding hydrogens is 346 g/mol. The molecule has 7 heteroatoms. The van der Waals surface area contributed by atoms with Crippen LogP contribution in [-0.4, -0.2) is 29.2 Å². The molecule has 1 N–H and O–H groups in total. The normalized spacial score (nSPS) is 10.4. The van der Waals surface area contributed by atoms with Gasteiger partial charge in [-0.05, 0) is 37.3 Å². The summed E-state index contributed by atoms with van der Waals surface area (Å²) in [7, 11) is 1.31. The number of amides is 1. The van der Waals surface area contributed by atoms with E-state index < -0.39 is 5.97 Å². The van der Waals surface area contributed by atoms with Gasteiger partial charge in [0.2, 0.25) is 17.7 Å². The van der Waals surface area contributed by atoms with E-state index in [-0.39, 0.29) is 12.3 Å². The topological polar surface area (TPSA) is 94.3 Å². The fraction of sp³-hybridized carbons (Fsp3) is 0.200. The highest BCUT2D eigenvalue weighted by Crippen LogP contribution is 2.19. The Hall–Kier alpha value is -3.48. The molecule has 0 aliphatic rings. The van der Waals surface area contributed by atoms with Gasteiger partial charge in [-0.2, -0.15) is 0 Å². The van der Waals surface area contributed by atoms with E-state index in [2.05, 4.69) is 20.3 Å². The monoisotopic (exact) mass is 365 g/mol. The maximum Gasteiger partial charge on any atom is 0.337 e. The molecule has 0 fully saturated rings. The SMILES string of the molecule is COC(=O)c1cccc(NC(=O)CCc2nnc(-c3cccc(C)c3)o2)c1. The molecule has 1 heterocycles. The van der Waals surface area contributed by atoms with Crippen molar-refractivity contribution in [2.45, 2.75) is 19.8 Å². The number of methoxy groups -OCH3 is 1. The van der Waals surface area contributed by atoms with E-state index >= 15 is 0 Å². The summed E-state index contributed by atoms with van der Waals surface area (Å²) in [6.07, 6.45) is 0.499. The van der Waals surface area contributed by atoms with Crippen LogP contribution in [0.15, 0.2) is 52.9 Å². The Labute approximate surface area is 156 Å². The van der Waals surface area contributed by atoms with Gasteiger partial charge in [-0.1, -0.05) is 23.8 Å². The number of aromatic nitrogens is 2. The van der Waals surface area contributed by atoms with Crippen LogP contribution in [0.25, 0.3) is 11.5 Å². The molecule has 3 aromatic rings. The number of esters is 1. The fourth-order valence-corrected chi connectivity index (χ4v) is 2.54. The Balaban J connectivity index is 1.58. The lowest BCUT2D eigenvalue weighted by atomic mass is 10.1. The van der Waals surface area contributed by atoms with Crippen molar-refractivity contribution in [3.8, 4) is 11.5 Å². The summed E-state index contributed by atoms with van der Waals surface area (Å²) in [6.45, 7) is 1.99. The van der Waals surface area contributed by atoms with Crippen LogP contribution in [0.1, 0.15) is 28.2 Å². The molecule has 27 heavy (non-hydrogen) atoms. The van der Waals surface area contributed by atoms with Crippen LogP contribution in [-0.2, 0) is 16.0 Å². The fourth-order valence-electron chi connectivity index (χ4n) is 2.54. The zero-order chi connectivity index (χ0) is 19.2. The van der Waals surface area contributed by atoms with Gasteiger partial charge in [0.05, 0.1) is 12.7 Å². The molecule has 2 aromatic carbocycles. The average molecular weight is 365 g/mol. The standard InChI is InChI=1S/C20H19N3O4/c1-13-5-3-6-14(11-13)19-23-22-18(27-19)10-9-17(24)21-16-8-4-7-15(12-16)20(25)26-2/h3-8,11-12H,9-10H2,1-2H3,(H,21,24). The minimum absolute atomic E-state index is 0.178. The highest BCUT2D eigenvalue weighted by molar-refractivity contribution is 5.94. The molecule has 7 nitrogen and oxygen atoms in total. The number of nitrogens with zero attached hydrogens (tertiary/aromatic N) is 2. The number of rotatable bonds is 6. The van der Waals surface area contributed by atoms with Crippen molar-refractivity contribution in [3.63, 3.8) is 0 Å². The smallest absolute Gasteiger partial charge is 0.337 e. The Morgan fingerprint density at radius 1 is 1.11 bits per heavy atom. The van der Waals surface area contributed by atoms with Crippen molar-refractivity contribution in [1.29, 1.82) is 0 Å². The predicted molar refractivity (Wildman–Crippen MR) is 99.2 cm³/mol. The Morgan fingerprint density at radius 2 is 1.93 bits per heavy atom. The Morgan fingerprint density at radius 3 is 2.70 bits per heavy atom. The molecule has 138 valence electrons. The number of nitrogens with one attached hydrogen (secondary N) is 1. The number of carbonyl (C=O) groups excluding carboxylic acids is 2. The number of hydrogen-bond donors (Lipinski definition) is 1. The first-order chi connectivity index (χ1) is 13.0. The summed E-state index contributed by atoms with van der Waals surface area (Å²) in [5, 5.41) is 10.8. The van der Waals surface area contributed by atoms with Gasteiger partial charge in [0.15, 0.2) is 0 Å². The molecule has 0 saturated heterocycles. The van der Waals surface area contributed by atoms with Crippen molar-refractivity contribution in [3.05, 3.63) is 65.5 Å². The number of carbonyl (C=O) groups is 2. The second-order valence-corrected chi connectivity index (χ2v) is 5.99. The summed E-state index contributed by atoms with van der Waals surface area (Å²) in [4.78, 5) is 23.7. The van der Waals surface area contributed by atoms with Crippen molar-refractivity contribution in [1.82, 2.24) is 10.2 Å². The molecule has 0 atom stereocenters. The molecule has 1 aromatic heterocycles. The van der Waals surface area contributed by atoms with Gasteiger partial charge in [0.1, 0.15) is 0 Å². The van der Waals surface area contributed by atoms with Gasteiger partial charge in [-0.15, -0.1) is 10.2 Å². The van der Waals surface area contributed by atoms with Gasteiger partial charge in [0.25, 0.3) is 0 Å². The van der Waals surface area contributed by atoms with E-state index in [1.54, 1.807) is 24.3 Å². The number of hydrogen-bond acceptors (Lipinski definition) is 6.